The van der Waals surface area contributed by atoms with Crippen LogP contribution in [0.1, 0.15) is 30.4 Å². The Morgan fingerprint density at radius 1 is 1.26 bits per heavy atom. The van der Waals surface area contributed by atoms with Crippen LogP contribution in [0.2, 0.25) is 0 Å². The molecule has 1 saturated carbocycles. The standard InChI is InChI=1S/C14H18N2O3/c15-9-11-5-2-1-4-10(11)8-12(17)16-14(13(18)19)6-3-7-14/h1-2,4-5H,3,6-9,15H2,(H,16,17)(H,18,19). The first-order valence-electron chi connectivity index (χ1n) is 6.39. The van der Waals surface area contributed by atoms with Crippen LogP contribution in [0, 0.1) is 0 Å². The highest BCUT2D eigenvalue weighted by Crippen LogP contribution is 2.32. The summed E-state index contributed by atoms with van der Waals surface area (Å²) in [5, 5.41) is 11.8. The molecular weight excluding hydrogens is 244 g/mol. The summed E-state index contributed by atoms with van der Waals surface area (Å²) < 4.78 is 0. The lowest BCUT2D eigenvalue weighted by atomic mass is 9.76. The third-order valence-corrected chi connectivity index (χ3v) is 3.68. The molecule has 1 aromatic rings. The van der Waals surface area contributed by atoms with Gasteiger partial charge in [-0.05, 0) is 30.4 Å². The van der Waals surface area contributed by atoms with E-state index < -0.39 is 11.5 Å². The van der Waals surface area contributed by atoms with Crippen LogP contribution in [0.3, 0.4) is 0 Å². The molecule has 2 rings (SSSR count). The van der Waals surface area contributed by atoms with E-state index in [1.165, 1.54) is 0 Å². The maximum absolute atomic E-state index is 12.0. The topological polar surface area (TPSA) is 92.4 Å². The lowest BCUT2D eigenvalue weighted by molar-refractivity contribution is -0.151. The molecule has 19 heavy (non-hydrogen) atoms. The van der Waals surface area contributed by atoms with Crippen molar-refractivity contribution in [2.75, 3.05) is 0 Å². The molecule has 0 bridgehead atoms. The van der Waals surface area contributed by atoms with Crippen LogP contribution in [0.5, 0.6) is 0 Å². The molecule has 1 aliphatic rings. The molecule has 0 saturated heterocycles. The first-order chi connectivity index (χ1) is 9.07. The van der Waals surface area contributed by atoms with Gasteiger partial charge < -0.3 is 16.2 Å². The molecule has 5 nitrogen and oxygen atoms in total. The van der Waals surface area contributed by atoms with Gasteiger partial charge in [0.05, 0.1) is 6.42 Å². The number of carboxylic acid groups (broad SMARTS) is 1. The summed E-state index contributed by atoms with van der Waals surface area (Å²) in [7, 11) is 0. The molecule has 1 aromatic carbocycles. The first-order valence-corrected chi connectivity index (χ1v) is 6.39. The summed E-state index contributed by atoms with van der Waals surface area (Å²) >= 11 is 0. The zero-order chi connectivity index (χ0) is 13.9. The number of carbonyl (C=O) groups excluding carboxylic acids is 1. The molecule has 0 spiro atoms. The van der Waals surface area contributed by atoms with E-state index >= 15 is 0 Å². The largest absolute Gasteiger partial charge is 0.480 e. The van der Waals surface area contributed by atoms with Gasteiger partial charge in [0, 0.05) is 6.54 Å². The van der Waals surface area contributed by atoms with Gasteiger partial charge in [0.25, 0.3) is 0 Å². The maximum Gasteiger partial charge on any atom is 0.329 e. The fourth-order valence-corrected chi connectivity index (χ4v) is 2.34. The van der Waals surface area contributed by atoms with E-state index in [2.05, 4.69) is 5.32 Å². The Bertz CT molecular complexity index is 495. The number of hydrogen-bond acceptors (Lipinski definition) is 3. The van der Waals surface area contributed by atoms with Gasteiger partial charge >= 0.3 is 5.97 Å². The zero-order valence-corrected chi connectivity index (χ0v) is 10.7. The van der Waals surface area contributed by atoms with E-state index in [0.29, 0.717) is 19.4 Å². The van der Waals surface area contributed by atoms with Crippen molar-refractivity contribution in [2.45, 2.75) is 37.8 Å². The SMILES string of the molecule is NCc1ccccc1CC(=O)NC1(C(=O)O)CCC1. The fraction of sp³-hybridized carbons (Fsp3) is 0.429. The Labute approximate surface area is 111 Å². The zero-order valence-electron chi connectivity index (χ0n) is 10.7. The van der Waals surface area contributed by atoms with Gasteiger partial charge in [0.15, 0.2) is 0 Å². The summed E-state index contributed by atoms with van der Waals surface area (Å²) in [6.07, 6.45) is 2.02. The van der Waals surface area contributed by atoms with Gasteiger partial charge in [0.1, 0.15) is 5.54 Å². The van der Waals surface area contributed by atoms with Crippen molar-refractivity contribution in [3.63, 3.8) is 0 Å². The molecule has 0 aromatic heterocycles. The Morgan fingerprint density at radius 3 is 2.37 bits per heavy atom. The Hall–Kier alpha value is -1.88. The van der Waals surface area contributed by atoms with Gasteiger partial charge in [-0.25, -0.2) is 4.79 Å². The summed E-state index contributed by atoms with van der Waals surface area (Å²) in [5.41, 5.74) is 6.33. The second-order valence-corrected chi connectivity index (χ2v) is 4.94. The number of nitrogens with two attached hydrogens (primary N) is 1. The summed E-state index contributed by atoms with van der Waals surface area (Å²) in [4.78, 5) is 23.2. The number of carboxylic acids is 1. The Morgan fingerprint density at radius 2 is 1.89 bits per heavy atom. The van der Waals surface area contributed by atoms with Crippen LogP contribution in [0.4, 0.5) is 0 Å². The van der Waals surface area contributed by atoms with Crippen LogP contribution in [-0.4, -0.2) is 22.5 Å². The quantitative estimate of drug-likeness (QED) is 0.732. The van der Waals surface area contributed by atoms with Crippen molar-refractivity contribution in [1.29, 1.82) is 0 Å². The fourth-order valence-electron chi connectivity index (χ4n) is 2.34. The van der Waals surface area contributed by atoms with Crippen molar-refractivity contribution in [2.24, 2.45) is 5.73 Å². The Kier molecular flexibility index (Phi) is 3.85. The minimum absolute atomic E-state index is 0.169. The molecule has 1 amide bonds. The van der Waals surface area contributed by atoms with Gasteiger partial charge in [0.2, 0.25) is 5.91 Å². The third kappa shape index (κ3) is 2.76. The number of nitrogens with one attached hydrogen (secondary N) is 1. The molecular formula is C14H18N2O3. The second kappa shape index (κ2) is 5.40. The average molecular weight is 262 g/mol. The smallest absolute Gasteiger partial charge is 0.329 e. The number of carbonyl (C=O) groups is 2. The van der Waals surface area contributed by atoms with Gasteiger partial charge in [-0.15, -0.1) is 0 Å². The lowest BCUT2D eigenvalue weighted by Gasteiger charge is -2.38. The molecule has 1 fully saturated rings. The molecule has 0 unspecified atom stereocenters. The number of amides is 1. The maximum atomic E-state index is 12.0. The normalized spacial score (nSPS) is 16.5. The minimum atomic E-state index is -1.05. The number of benzene rings is 1. The average Bonchev–Trinajstić information content (AvgIpc) is 2.34. The summed E-state index contributed by atoms with van der Waals surface area (Å²) in [6, 6.07) is 7.43. The van der Waals surface area contributed by atoms with Crippen molar-refractivity contribution in [1.82, 2.24) is 5.32 Å². The summed E-state index contributed by atoms with van der Waals surface area (Å²) in [6.45, 7) is 0.369. The van der Waals surface area contributed by atoms with Crippen LogP contribution in [-0.2, 0) is 22.6 Å². The van der Waals surface area contributed by atoms with E-state index in [1.54, 1.807) is 0 Å². The highest BCUT2D eigenvalue weighted by molar-refractivity contribution is 5.88. The predicted octanol–water partition coefficient (Wildman–Crippen LogP) is 0.811. The molecule has 0 heterocycles. The van der Waals surface area contributed by atoms with Crippen molar-refractivity contribution in [3.8, 4) is 0 Å². The molecule has 0 aliphatic heterocycles. The number of hydrogen-bond donors (Lipinski definition) is 3. The van der Waals surface area contributed by atoms with Crippen molar-refractivity contribution < 1.29 is 14.7 Å². The van der Waals surface area contributed by atoms with E-state index in [9.17, 15) is 9.59 Å². The highest BCUT2D eigenvalue weighted by Gasteiger charge is 2.45. The molecule has 0 radical (unpaired) electrons. The summed E-state index contributed by atoms with van der Waals surface area (Å²) in [5.74, 6) is -1.21. The van der Waals surface area contributed by atoms with Gasteiger partial charge in [-0.1, -0.05) is 24.3 Å². The number of aliphatic carboxylic acids is 1. The molecule has 0 atom stereocenters. The predicted molar refractivity (Wildman–Crippen MR) is 70.4 cm³/mol. The van der Waals surface area contributed by atoms with E-state index in [-0.39, 0.29) is 12.3 Å². The highest BCUT2D eigenvalue weighted by atomic mass is 16.4. The van der Waals surface area contributed by atoms with Gasteiger partial charge in [-0.2, -0.15) is 0 Å². The van der Waals surface area contributed by atoms with Crippen LogP contribution >= 0.6 is 0 Å². The monoisotopic (exact) mass is 262 g/mol. The molecule has 102 valence electrons. The van der Waals surface area contributed by atoms with Crippen LogP contribution in [0.15, 0.2) is 24.3 Å². The van der Waals surface area contributed by atoms with Crippen LogP contribution < -0.4 is 11.1 Å². The van der Waals surface area contributed by atoms with E-state index in [4.69, 9.17) is 10.8 Å². The van der Waals surface area contributed by atoms with Crippen LogP contribution in [0.25, 0.3) is 0 Å². The number of rotatable bonds is 5. The van der Waals surface area contributed by atoms with Crippen molar-refractivity contribution >= 4 is 11.9 Å². The van der Waals surface area contributed by atoms with E-state index in [0.717, 1.165) is 17.5 Å². The Balaban J connectivity index is 2.03. The van der Waals surface area contributed by atoms with Gasteiger partial charge in [-0.3, -0.25) is 4.79 Å². The first kappa shape index (κ1) is 13.5. The molecule has 5 heteroatoms. The van der Waals surface area contributed by atoms with E-state index in [1.807, 2.05) is 24.3 Å². The third-order valence-electron chi connectivity index (χ3n) is 3.68. The molecule has 1 aliphatic carbocycles. The lowest BCUT2D eigenvalue weighted by Crippen LogP contribution is -2.59. The minimum Gasteiger partial charge on any atom is -0.480 e. The second-order valence-electron chi connectivity index (χ2n) is 4.94. The van der Waals surface area contributed by atoms with Crippen molar-refractivity contribution in [3.05, 3.63) is 35.4 Å². The molecule has 4 N–H and O–H groups in total.